The van der Waals surface area contributed by atoms with Gasteiger partial charge in [0.25, 0.3) is 5.91 Å². The van der Waals surface area contributed by atoms with Crippen LogP contribution >= 0.6 is 0 Å². The molecule has 0 aliphatic carbocycles. The highest BCUT2D eigenvalue weighted by molar-refractivity contribution is 5.92. The fourth-order valence-electron chi connectivity index (χ4n) is 3.67. The number of carbonyl (C=O) groups excluding carboxylic acids is 2. The minimum absolute atomic E-state index is 0.0154. The zero-order valence-corrected chi connectivity index (χ0v) is 19.7. The summed E-state index contributed by atoms with van der Waals surface area (Å²) >= 11 is 0. The fourth-order valence-corrected chi connectivity index (χ4v) is 3.67. The standard InChI is InChI=1S/C24H30F3N5O3/c1-18-15-29-21(17-28-18)23(34)32(8-3-7-31-10-12-35-13-11-31)9-6-22(33)30-16-19-4-2-5-20(14-19)24(25,26)27/h2,4-5,14-15,17H,3,6-13,16H2,1H3,(H,30,33). The smallest absolute Gasteiger partial charge is 0.379 e. The zero-order valence-electron chi connectivity index (χ0n) is 19.7. The normalized spacial score (nSPS) is 14.5. The van der Waals surface area contributed by atoms with Crippen molar-refractivity contribution in [3.8, 4) is 0 Å². The summed E-state index contributed by atoms with van der Waals surface area (Å²) in [4.78, 5) is 37.5. The number of nitrogens with one attached hydrogen (secondary N) is 1. The van der Waals surface area contributed by atoms with Crippen molar-refractivity contribution in [1.82, 2.24) is 25.1 Å². The molecule has 0 saturated carbocycles. The molecule has 0 atom stereocenters. The van der Waals surface area contributed by atoms with Crippen LogP contribution in [0.5, 0.6) is 0 Å². The number of aryl methyl sites for hydroxylation is 1. The Morgan fingerprint density at radius 3 is 2.60 bits per heavy atom. The maximum absolute atomic E-state index is 13.0. The molecule has 1 N–H and O–H groups in total. The predicted octanol–water partition coefficient (Wildman–Crippen LogP) is 2.67. The van der Waals surface area contributed by atoms with Gasteiger partial charge in [0.2, 0.25) is 5.91 Å². The summed E-state index contributed by atoms with van der Waals surface area (Å²) in [5, 5.41) is 2.63. The summed E-state index contributed by atoms with van der Waals surface area (Å²) in [6.45, 7) is 6.20. The van der Waals surface area contributed by atoms with E-state index in [1.807, 2.05) is 0 Å². The summed E-state index contributed by atoms with van der Waals surface area (Å²) in [7, 11) is 0. The first-order valence-corrected chi connectivity index (χ1v) is 11.5. The highest BCUT2D eigenvalue weighted by Gasteiger charge is 2.30. The molecule has 0 unspecified atom stereocenters. The highest BCUT2D eigenvalue weighted by atomic mass is 19.4. The second-order valence-electron chi connectivity index (χ2n) is 8.37. The third-order valence-electron chi connectivity index (χ3n) is 5.65. The molecule has 0 bridgehead atoms. The summed E-state index contributed by atoms with van der Waals surface area (Å²) < 4.78 is 44.0. The second-order valence-corrected chi connectivity index (χ2v) is 8.37. The van der Waals surface area contributed by atoms with Crippen LogP contribution in [-0.2, 0) is 22.3 Å². The van der Waals surface area contributed by atoms with Gasteiger partial charge in [-0.3, -0.25) is 19.5 Å². The number of hydrogen-bond acceptors (Lipinski definition) is 6. The molecule has 1 saturated heterocycles. The van der Waals surface area contributed by atoms with Gasteiger partial charge in [0.15, 0.2) is 0 Å². The molecule has 35 heavy (non-hydrogen) atoms. The van der Waals surface area contributed by atoms with E-state index in [0.29, 0.717) is 31.0 Å². The largest absolute Gasteiger partial charge is 0.416 e. The average Bonchev–Trinajstić information content (AvgIpc) is 2.85. The van der Waals surface area contributed by atoms with Gasteiger partial charge in [-0.05, 0) is 31.0 Å². The van der Waals surface area contributed by atoms with E-state index in [4.69, 9.17) is 4.74 Å². The molecule has 2 amide bonds. The van der Waals surface area contributed by atoms with E-state index in [2.05, 4.69) is 20.2 Å². The summed E-state index contributed by atoms with van der Waals surface area (Å²) in [5.41, 5.74) is 0.475. The number of ether oxygens (including phenoxy) is 1. The van der Waals surface area contributed by atoms with Crippen molar-refractivity contribution in [3.63, 3.8) is 0 Å². The minimum Gasteiger partial charge on any atom is -0.379 e. The maximum atomic E-state index is 13.0. The number of amides is 2. The van der Waals surface area contributed by atoms with Crippen molar-refractivity contribution in [3.05, 3.63) is 59.2 Å². The van der Waals surface area contributed by atoms with Crippen LogP contribution in [0, 0.1) is 6.92 Å². The first-order valence-electron chi connectivity index (χ1n) is 11.5. The fraction of sp³-hybridized carbons (Fsp3) is 0.500. The molecule has 1 aliphatic rings. The second kappa shape index (κ2) is 12.6. The van der Waals surface area contributed by atoms with Crippen LogP contribution in [0.3, 0.4) is 0 Å². The van der Waals surface area contributed by atoms with E-state index in [1.165, 1.54) is 24.5 Å². The molecule has 0 radical (unpaired) electrons. The molecule has 8 nitrogen and oxygen atoms in total. The van der Waals surface area contributed by atoms with Gasteiger partial charge in [0.05, 0.1) is 30.7 Å². The Labute approximate surface area is 202 Å². The van der Waals surface area contributed by atoms with Crippen LogP contribution in [-0.4, -0.2) is 77.5 Å². The van der Waals surface area contributed by atoms with E-state index in [9.17, 15) is 22.8 Å². The Morgan fingerprint density at radius 2 is 1.91 bits per heavy atom. The Bertz CT molecular complexity index is 979. The van der Waals surface area contributed by atoms with Gasteiger partial charge in [0.1, 0.15) is 5.69 Å². The first-order chi connectivity index (χ1) is 16.7. The molecule has 1 aromatic heterocycles. The van der Waals surface area contributed by atoms with E-state index in [-0.39, 0.29) is 37.0 Å². The Morgan fingerprint density at radius 1 is 1.14 bits per heavy atom. The van der Waals surface area contributed by atoms with Crippen LogP contribution in [0.2, 0.25) is 0 Å². The van der Waals surface area contributed by atoms with Gasteiger partial charge >= 0.3 is 6.18 Å². The molecule has 1 fully saturated rings. The van der Waals surface area contributed by atoms with E-state index < -0.39 is 11.7 Å². The SMILES string of the molecule is Cc1cnc(C(=O)N(CCCN2CCOCC2)CCC(=O)NCc2cccc(C(F)(F)F)c2)cn1. The predicted molar refractivity (Wildman–Crippen MR) is 122 cm³/mol. The minimum atomic E-state index is -4.44. The van der Waals surface area contributed by atoms with Gasteiger partial charge in [-0.25, -0.2) is 4.98 Å². The number of rotatable bonds is 10. The van der Waals surface area contributed by atoms with Gasteiger partial charge < -0.3 is 15.0 Å². The van der Waals surface area contributed by atoms with Gasteiger partial charge in [0, 0.05) is 51.9 Å². The third kappa shape index (κ3) is 8.59. The van der Waals surface area contributed by atoms with Crippen molar-refractivity contribution in [2.24, 2.45) is 0 Å². The van der Waals surface area contributed by atoms with Crippen LogP contribution < -0.4 is 5.32 Å². The van der Waals surface area contributed by atoms with E-state index in [0.717, 1.165) is 38.2 Å². The molecule has 2 heterocycles. The first kappa shape index (κ1) is 26.6. The quantitative estimate of drug-likeness (QED) is 0.548. The average molecular weight is 494 g/mol. The van der Waals surface area contributed by atoms with Crippen molar-refractivity contribution >= 4 is 11.8 Å². The zero-order chi connectivity index (χ0) is 25.3. The summed E-state index contributed by atoms with van der Waals surface area (Å²) in [5.74, 6) is -0.673. The number of morpholine rings is 1. The monoisotopic (exact) mass is 493 g/mol. The summed E-state index contributed by atoms with van der Waals surface area (Å²) in [6.07, 6.45) is -0.777. The van der Waals surface area contributed by atoms with Crippen molar-refractivity contribution in [1.29, 1.82) is 0 Å². The molecule has 2 aromatic rings. The number of nitrogens with zero attached hydrogens (tertiary/aromatic N) is 4. The van der Waals surface area contributed by atoms with Crippen LogP contribution in [0.25, 0.3) is 0 Å². The van der Waals surface area contributed by atoms with Crippen LogP contribution in [0.15, 0.2) is 36.7 Å². The van der Waals surface area contributed by atoms with Gasteiger partial charge in [-0.15, -0.1) is 0 Å². The lowest BCUT2D eigenvalue weighted by Gasteiger charge is -2.28. The number of carbonyl (C=O) groups is 2. The van der Waals surface area contributed by atoms with E-state index in [1.54, 1.807) is 11.8 Å². The van der Waals surface area contributed by atoms with Crippen molar-refractivity contribution in [2.45, 2.75) is 32.5 Å². The van der Waals surface area contributed by atoms with Gasteiger partial charge in [-0.1, -0.05) is 12.1 Å². The lowest BCUT2D eigenvalue weighted by atomic mass is 10.1. The number of halogens is 3. The molecule has 1 aliphatic heterocycles. The Hall–Kier alpha value is -3.05. The number of benzene rings is 1. The number of hydrogen-bond donors (Lipinski definition) is 1. The molecule has 11 heteroatoms. The summed E-state index contributed by atoms with van der Waals surface area (Å²) in [6, 6.07) is 4.83. The molecule has 190 valence electrons. The van der Waals surface area contributed by atoms with Crippen molar-refractivity contribution < 1.29 is 27.5 Å². The number of alkyl halides is 3. The lowest BCUT2D eigenvalue weighted by molar-refractivity contribution is -0.137. The van der Waals surface area contributed by atoms with Crippen LogP contribution in [0.1, 0.15) is 40.2 Å². The molecule has 3 rings (SSSR count). The molecule has 0 spiro atoms. The van der Waals surface area contributed by atoms with Crippen LogP contribution in [0.4, 0.5) is 13.2 Å². The van der Waals surface area contributed by atoms with Gasteiger partial charge in [-0.2, -0.15) is 13.2 Å². The highest BCUT2D eigenvalue weighted by Crippen LogP contribution is 2.29. The number of aromatic nitrogens is 2. The molecular formula is C24H30F3N5O3. The van der Waals surface area contributed by atoms with E-state index >= 15 is 0 Å². The Balaban J connectivity index is 1.54. The molecule has 1 aromatic carbocycles. The molecular weight excluding hydrogens is 463 g/mol. The maximum Gasteiger partial charge on any atom is 0.416 e. The third-order valence-corrected chi connectivity index (χ3v) is 5.65. The van der Waals surface area contributed by atoms with Crippen molar-refractivity contribution in [2.75, 3.05) is 45.9 Å². The Kier molecular flexibility index (Phi) is 9.55. The lowest BCUT2D eigenvalue weighted by Crippen LogP contribution is -2.40. The topological polar surface area (TPSA) is 87.7 Å².